The summed E-state index contributed by atoms with van der Waals surface area (Å²) in [6.07, 6.45) is 3.36. The zero-order valence-corrected chi connectivity index (χ0v) is 10.5. The fourth-order valence-electron chi connectivity index (χ4n) is 1.57. The van der Waals surface area contributed by atoms with Gasteiger partial charge in [0.2, 0.25) is 10.0 Å². The molecule has 16 heavy (non-hydrogen) atoms. The molecule has 1 fully saturated rings. The van der Waals surface area contributed by atoms with Gasteiger partial charge in [-0.25, -0.2) is 13.1 Å². The molecule has 0 amide bonds. The van der Waals surface area contributed by atoms with Crippen molar-refractivity contribution in [3.63, 3.8) is 0 Å². The molecule has 0 unspecified atom stereocenters. The molecule has 0 aliphatic heterocycles. The van der Waals surface area contributed by atoms with Crippen molar-refractivity contribution in [1.82, 2.24) is 4.72 Å². The van der Waals surface area contributed by atoms with E-state index in [0.717, 1.165) is 6.42 Å². The molecule has 4 nitrogen and oxygen atoms in total. The van der Waals surface area contributed by atoms with Crippen LogP contribution in [0.25, 0.3) is 0 Å². The summed E-state index contributed by atoms with van der Waals surface area (Å²) in [5, 5.41) is 10.7. The molecule has 0 spiro atoms. The molecule has 0 radical (unpaired) electrons. The summed E-state index contributed by atoms with van der Waals surface area (Å²) < 4.78 is 26.3. The number of sulfonamides is 1. The summed E-state index contributed by atoms with van der Waals surface area (Å²) in [5.74, 6) is 0.711. The van der Waals surface area contributed by atoms with Gasteiger partial charge in [-0.05, 0) is 23.8 Å². The summed E-state index contributed by atoms with van der Waals surface area (Å²) in [6, 6.07) is 1.54. The van der Waals surface area contributed by atoms with Crippen molar-refractivity contribution in [2.24, 2.45) is 5.92 Å². The molecular formula is C10H15NO3S2. The van der Waals surface area contributed by atoms with Crippen LogP contribution in [0, 0.1) is 5.92 Å². The first-order valence-corrected chi connectivity index (χ1v) is 7.66. The molecule has 6 heteroatoms. The Bertz CT molecular complexity index is 448. The molecule has 90 valence electrons. The molecule has 1 aromatic rings. The summed E-state index contributed by atoms with van der Waals surface area (Å²) in [7, 11) is -3.43. The van der Waals surface area contributed by atoms with E-state index in [1.165, 1.54) is 30.2 Å². The average molecular weight is 261 g/mol. The standard InChI is InChI=1S/C10H15NO3S2/c12-7-9-10(4-6-15-9)16(13,14)11-5-3-8-1-2-8/h4,6,8,11-12H,1-3,5,7H2. The SMILES string of the molecule is O=S(=O)(NCCC1CC1)c1ccsc1CO. The Morgan fingerprint density at radius 1 is 1.50 bits per heavy atom. The third kappa shape index (κ3) is 2.82. The lowest BCUT2D eigenvalue weighted by Gasteiger charge is -2.06. The lowest BCUT2D eigenvalue weighted by Crippen LogP contribution is -2.25. The second kappa shape index (κ2) is 4.83. The summed E-state index contributed by atoms with van der Waals surface area (Å²) in [6.45, 7) is 0.268. The van der Waals surface area contributed by atoms with Gasteiger partial charge in [-0.1, -0.05) is 12.8 Å². The van der Waals surface area contributed by atoms with E-state index >= 15 is 0 Å². The van der Waals surface area contributed by atoms with Crippen LogP contribution >= 0.6 is 11.3 Å². The minimum atomic E-state index is -3.43. The van der Waals surface area contributed by atoms with Crippen molar-refractivity contribution < 1.29 is 13.5 Å². The van der Waals surface area contributed by atoms with Gasteiger partial charge < -0.3 is 5.11 Å². The first-order chi connectivity index (χ1) is 7.63. The van der Waals surface area contributed by atoms with E-state index in [1.807, 2.05) is 0 Å². The first kappa shape index (κ1) is 12.0. The Labute approximate surface area is 99.4 Å². The zero-order chi connectivity index (χ0) is 11.6. The quantitative estimate of drug-likeness (QED) is 0.811. The molecule has 2 rings (SSSR count). The topological polar surface area (TPSA) is 66.4 Å². The number of aliphatic hydroxyl groups is 1. The molecule has 1 heterocycles. The van der Waals surface area contributed by atoms with E-state index in [-0.39, 0.29) is 11.5 Å². The average Bonchev–Trinajstić information content (AvgIpc) is 2.93. The Hall–Kier alpha value is -0.430. The fraction of sp³-hybridized carbons (Fsp3) is 0.600. The normalized spacial score (nSPS) is 16.6. The second-order valence-electron chi connectivity index (χ2n) is 4.00. The van der Waals surface area contributed by atoms with Crippen LogP contribution in [0.1, 0.15) is 24.1 Å². The fourth-order valence-corrected chi connectivity index (χ4v) is 3.91. The molecule has 1 aliphatic rings. The van der Waals surface area contributed by atoms with Crippen LogP contribution in [-0.2, 0) is 16.6 Å². The van der Waals surface area contributed by atoms with E-state index in [0.29, 0.717) is 17.3 Å². The second-order valence-corrected chi connectivity index (χ2v) is 6.73. The van der Waals surface area contributed by atoms with E-state index in [1.54, 1.807) is 5.38 Å². The van der Waals surface area contributed by atoms with Crippen molar-refractivity contribution >= 4 is 21.4 Å². The van der Waals surface area contributed by atoms with Gasteiger partial charge in [0.25, 0.3) is 0 Å². The highest BCUT2D eigenvalue weighted by Gasteiger charge is 2.23. The molecule has 0 aromatic carbocycles. The summed E-state index contributed by atoms with van der Waals surface area (Å²) >= 11 is 1.26. The third-order valence-corrected chi connectivity index (χ3v) is 5.26. The molecule has 2 N–H and O–H groups in total. The number of thiophene rings is 1. The molecule has 1 aromatic heterocycles. The monoisotopic (exact) mass is 261 g/mol. The molecule has 0 bridgehead atoms. The highest BCUT2D eigenvalue weighted by atomic mass is 32.2. The number of hydrogen-bond acceptors (Lipinski definition) is 4. The highest BCUT2D eigenvalue weighted by molar-refractivity contribution is 7.89. The molecule has 1 aliphatic carbocycles. The summed E-state index contributed by atoms with van der Waals surface area (Å²) in [5.41, 5.74) is 0. The minimum absolute atomic E-state index is 0.218. The van der Waals surface area contributed by atoms with Crippen LogP contribution in [0.4, 0.5) is 0 Å². The maximum absolute atomic E-state index is 11.9. The van der Waals surface area contributed by atoms with Crippen molar-refractivity contribution in [2.45, 2.75) is 30.8 Å². The highest BCUT2D eigenvalue weighted by Crippen LogP contribution is 2.32. The molecular weight excluding hydrogens is 246 g/mol. The van der Waals surface area contributed by atoms with Gasteiger partial charge in [-0.2, -0.15) is 0 Å². The van der Waals surface area contributed by atoms with Gasteiger partial charge in [0, 0.05) is 11.4 Å². The van der Waals surface area contributed by atoms with Gasteiger partial charge in [-0.15, -0.1) is 11.3 Å². The van der Waals surface area contributed by atoms with Gasteiger partial charge >= 0.3 is 0 Å². The lowest BCUT2D eigenvalue weighted by atomic mass is 10.3. The van der Waals surface area contributed by atoms with Crippen molar-refractivity contribution in [1.29, 1.82) is 0 Å². The van der Waals surface area contributed by atoms with E-state index in [4.69, 9.17) is 5.11 Å². The van der Waals surface area contributed by atoms with Crippen LogP contribution in [0.15, 0.2) is 16.3 Å². The van der Waals surface area contributed by atoms with E-state index in [9.17, 15) is 8.42 Å². The van der Waals surface area contributed by atoms with Crippen LogP contribution < -0.4 is 4.72 Å². The maximum Gasteiger partial charge on any atom is 0.241 e. The van der Waals surface area contributed by atoms with Gasteiger partial charge in [0.05, 0.1) is 11.5 Å². The smallest absolute Gasteiger partial charge is 0.241 e. The van der Waals surface area contributed by atoms with E-state index in [2.05, 4.69) is 4.72 Å². The van der Waals surface area contributed by atoms with Crippen LogP contribution in [-0.4, -0.2) is 20.1 Å². The van der Waals surface area contributed by atoms with Gasteiger partial charge in [-0.3, -0.25) is 0 Å². The number of hydrogen-bond donors (Lipinski definition) is 2. The van der Waals surface area contributed by atoms with Crippen LogP contribution in [0.3, 0.4) is 0 Å². The van der Waals surface area contributed by atoms with Crippen LogP contribution in [0.5, 0.6) is 0 Å². The summed E-state index contributed by atoms with van der Waals surface area (Å²) in [4.78, 5) is 0.717. The Morgan fingerprint density at radius 2 is 2.25 bits per heavy atom. The third-order valence-electron chi connectivity index (χ3n) is 2.68. The maximum atomic E-state index is 11.9. The minimum Gasteiger partial charge on any atom is -0.391 e. The van der Waals surface area contributed by atoms with Gasteiger partial charge in [0.1, 0.15) is 0 Å². The number of rotatable bonds is 6. The molecule has 0 saturated heterocycles. The predicted molar refractivity (Wildman–Crippen MR) is 62.8 cm³/mol. The predicted octanol–water partition coefficient (Wildman–Crippen LogP) is 1.32. The lowest BCUT2D eigenvalue weighted by molar-refractivity contribution is 0.282. The number of nitrogens with one attached hydrogen (secondary N) is 1. The molecule has 1 saturated carbocycles. The zero-order valence-electron chi connectivity index (χ0n) is 8.85. The van der Waals surface area contributed by atoms with Gasteiger partial charge in [0.15, 0.2) is 0 Å². The Kier molecular flexibility index (Phi) is 3.63. The molecule has 0 atom stereocenters. The van der Waals surface area contributed by atoms with Crippen molar-refractivity contribution in [3.8, 4) is 0 Å². The van der Waals surface area contributed by atoms with E-state index < -0.39 is 10.0 Å². The Balaban J connectivity index is 1.99. The van der Waals surface area contributed by atoms with Crippen LogP contribution in [0.2, 0.25) is 0 Å². The Morgan fingerprint density at radius 3 is 2.88 bits per heavy atom. The largest absolute Gasteiger partial charge is 0.391 e. The van der Waals surface area contributed by atoms with Crippen molar-refractivity contribution in [2.75, 3.05) is 6.54 Å². The first-order valence-electron chi connectivity index (χ1n) is 5.30. The van der Waals surface area contributed by atoms with Crippen molar-refractivity contribution in [3.05, 3.63) is 16.3 Å². The number of aliphatic hydroxyl groups excluding tert-OH is 1.